The first-order valence-corrected chi connectivity index (χ1v) is 7.69. The van der Waals surface area contributed by atoms with Crippen molar-refractivity contribution in [2.75, 3.05) is 25.4 Å². The molecule has 0 aliphatic carbocycles. The van der Waals surface area contributed by atoms with Gasteiger partial charge in [-0.05, 0) is 40.9 Å². The number of pyridine rings is 1. The second-order valence-corrected chi connectivity index (χ2v) is 6.03. The molecule has 1 N–H and O–H groups in total. The normalized spacial score (nSPS) is 19.7. The van der Waals surface area contributed by atoms with Gasteiger partial charge in [-0.3, -0.25) is 0 Å². The maximum absolute atomic E-state index is 5.54. The summed E-state index contributed by atoms with van der Waals surface area (Å²) in [7, 11) is 0. The topological polar surface area (TPSA) is 34.1 Å². The fourth-order valence-corrected chi connectivity index (χ4v) is 2.73. The minimum Gasteiger partial charge on any atom is -0.377 e. The highest BCUT2D eigenvalue weighted by molar-refractivity contribution is 9.10. The van der Waals surface area contributed by atoms with Gasteiger partial charge in [-0.2, -0.15) is 0 Å². The van der Waals surface area contributed by atoms with Gasteiger partial charge >= 0.3 is 0 Å². The van der Waals surface area contributed by atoms with Crippen molar-refractivity contribution in [3.63, 3.8) is 0 Å². The molecule has 17 heavy (non-hydrogen) atoms. The zero-order valence-electron chi connectivity index (χ0n) is 9.69. The van der Waals surface area contributed by atoms with E-state index in [4.69, 9.17) is 4.74 Å². The van der Waals surface area contributed by atoms with Gasteiger partial charge in [0, 0.05) is 36.1 Å². The Labute approximate surface area is 115 Å². The molecule has 1 aromatic heterocycles. The Balaban J connectivity index is 1.55. The van der Waals surface area contributed by atoms with Crippen LogP contribution in [0.15, 0.2) is 27.8 Å². The molecule has 1 fully saturated rings. The van der Waals surface area contributed by atoms with Gasteiger partial charge < -0.3 is 10.1 Å². The smallest absolute Gasteiger partial charge is 0.0961 e. The van der Waals surface area contributed by atoms with Crippen LogP contribution in [0.1, 0.15) is 12.8 Å². The third kappa shape index (κ3) is 4.95. The van der Waals surface area contributed by atoms with Crippen LogP contribution in [0.5, 0.6) is 0 Å². The summed E-state index contributed by atoms with van der Waals surface area (Å²) in [5.41, 5.74) is 0. The summed E-state index contributed by atoms with van der Waals surface area (Å²) in [6.45, 7) is 2.92. The summed E-state index contributed by atoms with van der Waals surface area (Å²) in [5, 5.41) is 4.50. The van der Waals surface area contributed by atoms with Crippen LogP contribution >= 0.6 is 27.7 Å². The van der Waals surface area contributed by atoms with Gasteiger partial charge in [-0.25, -0.2) is 4.98 Å². The first kappa shape index (κ1) is 13.3. The molecule has 1 atom stereocenters. The summed E-state index contributed by atoms with van der Waals surface area (Å²) < 4.78 is 6.57. The molecule has 1 aromatic rings. The van der Waals surface area contributed by atoms with Crippen LogP contribution in [0.4, 0.5) is 0 Å². The lowest BCUT2D eigenvalue weighted by Gasteiger charge is -2.10. The molecule has 1 saturated heterocycles. The molecule has 1 aliphatic heterocycles. The lowest BCUT2D eigenvalue weighted by molar-refractivity contribution is 0.110. The van der Waals surface area contributed by atoms with Gasteiger partial charge in [0.2, 0.25) is 0 Å². The maximum Gasteiger partial charge on any atom is 0.0961 e. The fourth-order valence-electron chi connectivity index (χ4n) is 1.74. The molecule has 94 valence electrons. The second-order valence-electron chi connectivity index (χ2n) is 4.00. The van der Waals surface area contributed by atoms with Crippen LogP contribution < -0.4 is 5.32 Å². The van der Waals surface area contributed by atoms with Crippen molar-refractivity contribution >= 4 is 27.7 Å². The number of rotatable bonds is 6. The summed E-state index contributed by atoms with van der Waals surface area (Å²) in [6.07, 6.45) is 4.69. The number of thioether (sulfide) groups is 1. The number of hydrogen-bond donors (Lipinski definition) is 1. The molecule has 3 nitrogen and oxygen atoms in total. The average molecular weight is 317 g/mol. The Morgan fingerprint density at radius 3 is 3.18 bits per heavy atom. The highest BCUT2D eigenvalue weighted by Crippen LogP contribution is 2.16. The summed E-state index contributed by atoms with van der Waals surface area (Å²) in [6, 6.07) is 4.06. The van der Waals surface area contributed by atoms with E-state index in [0.717, 1.165) is 34.9 Å². The largest absolute Gasteiger partial charge is 0.377 e. The first-order chi connectivity index (χ1) is 8.34. The van der Waals surface area contributed by atoms with Crippen LogP contribution in [-0.4, -0.2) is 36.5 Å². The Morgan fingerprint density at radius 2 is 2.47 bits per heavy atom. The third-order valence-corrected chi connectivity index (χ3v) is 4.04. The van der Waals surface area contributed by atoms with Gasteiger partial charge in [-0.15, -0.1) is 11.8 Å². The summed E-state index contributed by atoms with van der Waals surface area (Å²) >= 11 is 5.15. The quantitative estimate of drug-likeness (QED) is 0.646. The molecule has 0 aromatic carbocycles. The SMILES string of the molecule is Brc1ccc(SCCNCC2CCCO2)nc1. The molecule has 1 aliphatic rings. The predicted octanol–water partition coefficient (Wildman–Crippen LogP) is 2.70. The number of nitrogens with one attached hydrogen (secondary N) is 1. The van der Waals surface area contributed by atoms with Gasteiger partial charge in [0.1, 0.15) is 0 Å². The number of hydrogen-bond acceptors (Lipinski definition) is 4. The lowest BCUT2D eigenvalue weighted by atomic mass is 10.2. The highest BCUT2D eigenvalue weighted by Gasteiger charge is 2.14. The van der Waals surface area contributed by atoms with Crippen LogP contribution in [-0.2, 0) is 4.74 Å². The molecule has 0 amide bonds. The van der Waals surface area contributed by atoms with Crippen molar-refractivity contribution in [3.05, 3.63) is 22.8 Å². The molecule has 5 heteroatoms. The molecular formula is C12H17BrN2OS. The Morgan fingerprint density at radius 1 is 1.53 bits per heavy atom. The number of nitrogens with zero attached hydrogens (tertiary/aromatic N) is 1. The Bertz CT molecular complexity index is 328. The van der Waals surface area contributed by atoms with Crippen molar-refractivity contribution in [1.82, 2.24) is 10.3 Å². The first-order valence-electron chi connectivity index (χ1n) is 5.91. The third-order valence-electron chi connectivity index (χ3n) is 2.63. The Kier molecular flexibility index (Phi) is 5.77. The van der Waals surface area contributed by atoms with Gasteiger partial charge in [-0.1, -0.05) is 0 Å². The van der Waals surface area contributed by atoms with E-state index in [0.29, 0.717) is 6.10 Å². The van der Waals surface area contributed by atoms with Crippen molar-refractivity contribution in [2.45, 2.75) is 24.0 Å². The van der Waals surface area contributed by atoms with E-state index < -0.39 is 0 Å². The maximum atomic E-state index is 5.54. The number of aromatic nitrogens is 1. The van der Waals surface area contributed by atoms with Gasteiger partial charge in [0.05, 0.1) is 11.1 Å². The monoisotopic (exact) mass is 316 g/mol. The molecule has 2 heterocycles. The number of ether oxygens (including phenoxy) is 1. The van der Waals surface area contributed by atoms with E-state index in [2.05, 4.69) is 26.2 Å². The van der Waals surface area contributed by atoms with Gasteiger partial charge in [0.25, 0.3) is 0 Å². The predicted molar refractivity (Wildman–Crippen MR) is 74.5 cm³/mol. The minimum atomic E-state index is 0.436. The molecule has 0 spiro atoms. The standard InChI is InChI=1S/C12H17BrN2OS/c13-10-3-4-12(15-8-10)17-7-5-14-9-11-2-1-6-16-11/h3-4,8,11,14H,1-2,5-7,9H2. The second kappa shape index (κ2) is 7.36. The summed E-state index contributed by atoms with van der Waals surface area (Å²) in [4.78, 5) is 4.32. The average Bonchev–Trinajstić information content (AvgIpc) is 2.84. The van der Waals surface area contributed by atoms with Crippen molar-refractivity contribution in [3.8, 4) is 0 Å². The minimum absolute atomic E-state index is 0.436. The fraction of sp³-hybridized carbons (Fsp3) is 0.583. The molecule has 2 rings (SSSR count). The van der Waals surface area contributed by atoms with E-state index in [9.17, 15) is 0 Å². The van der Waals surface area contributed by atoms with Gasteiger partial charge in [0.15, 0.2) is 0 Å². The van der Waals surface area contributed by atoms with Crippen molar-refractivity contribution < 1.29 is 4.74 Å². The van der Waals surface area contributed by atoms with Crippen LogP contribution in [0, 0.1) is 0 Å². The van der Waals surface area contributed by atoms with E-state index >= 15 is 0 Å². The van der Waals surface area contributed by atoms with E-state index in [1.165, 1.54) is 12.8 Å². The van der Waals surface area contributed by atoms with Crippen molar-refractivity contribution in [1.29, 1.82) is 0 Å². The lowest BCUT2D eigenvalue weighted by Crippen LogP contribution is -2.27. The summed E-state index contributed by atoms with van der Waals surface area (Å²) in [5.74, 6) is 1.04. The molecule has 0 radical (unpaired) electrons. The zero-order chi connectivity index (χ0) is 11.9. The molecule has 1 unspecified atom stereocenters. The van der Waals surface area contributed by atoms with Crippen LogP contribution in [0.2, 0.25) is 0 Å². The highest BCUT2D eigenvalue weighted by atomic mass is 79.9. The Hall–Kier alpha value is -0.100. The van der Waals surface area contributed by atoms with Crippen LogP contribution in [0.3, 0.4) is 0 Å². The van der Waals surface area contributed by atoms with Crippen LogP contribution in [0.25, 0.3) is 0 Å². The van der Waals surface area contributed by atoms with E-state index in [1.54, 1.807) is 11.8 Å². The van der Waals surface area contributed by atoms with E-state index in [1.807, 2.05) is 18.3 Å². The van der Waals surface area contributed by atoms with Crippen molar-refractivity contribution in [2.24, 2.45) is 0 Å². The molecular weight excluding hydrogens is 300 g/mol. The molecule has 0 bridgehead atoms. The zero-order valence-corrected chi connectivity index (χ0v) is 12.1. The molecule has 0 saturated carbocycles. The number of halogens is 1. The van der Waals surface area contributed by atoms with E-state index in [-0.39, 0.29) is 0 Å².